The Morgan fingerprint density at radius 3 is 2.43 bits per heavy atom. The zero-order valence-corrected chi connectivity index (χ0v) is 12.4. The average Bonchev–Trinajstić information content (AvgIpc) is 3.05. The van der Waals surface area contributed by atoms with E-state index in [9.17, 15) is 0 Å². The van der Waals surface area contributed by atoms with Gasteiger partial charge in [-0.2, -0.15) is 0 Å². The molecular formula is C16H18N4O. The van der Waals surface area contributed by atoms with Gasteiger partial charge in [0.05, 0.1) is 23.6 Å². The highest BCUT2D eigenvalue weighted by Crippen LogP contribution is 2.30. The predicted molar refractivity (Wildman–Crippen MR) is 80.3 cm³/mol. The average molecular weight is 282 g/mol. The second-order valence-electron chi connectivity index (χ2n) is 5.14. The first-order valence-corrected chi connectivity index (χ1v) is 6.87. The summed E-state index contributed by atoms with van der Waals surface area (Å²) in [6.45, 7) is 5.91. The van der Waals surface area contributed by atoms with Gasteiger partial charge in [-0.25, -0.2) is 4.68 Å². The molecule has 2 heterocycles. The van der Waals surface area contributed by atoms with E-state index in [0.29, 0.717) is 0 Å². The van der Waals surface area contributed by atoms with Gasteiger partial charge in [-0.3, -0.25) is 0 Å². The number of hydrogen-bond donors (Lipinski definition) is 1. The van der Waals surface area contributed by atoms with Crippen LogP contribution in [-0.4, -0.2) is 15.0 Å². The van der Waals surface area contributed by atoms with E-state index >= 15 is 0 Å². The number of aryl methyl sites for hydroxylation is 2. The zero-order chi connectivity index (χ0) is 15.0. The molecular weight excluding hydrogens is 264 g/mol. The Labute approximate surface area is 123 Å². The fourth-order valence-corrected chi connectivity index (χ4v) is 2.64. The lowest BCUT2D eigenvalue weighted by atomic mass is 10.0. The summed E-state index contributed by atoms with van der Waals surface area (Å²) < 4.78 is 7.45. The van der Waals surface area contributed by atoms with Gasteiger partial charge in [-0.15, -0.1) is 5.10 Å². The number of nitrogens with zero attached hydrogens (tertiary/aromatic N) is 3. The summed E-state index contributed by atoms with van der Waals surface area (Å²) in [7, 11) is 0. The Morgan fingerprint density at radius 2 is 1.81 bits per heavy atom. The van der Waals surface area contributed by atoms with Crippen LogP contribution < -0.4 is 5.73 Å². The lowest BCUT2D eigenvalue weighted by Gasteiger charge is -2.14. The third-order valence-electron chi connectivity index (χ3n) is 3.82. The molecule has 21 heavy (non-hydrogen) atoms. The van der Waals surface area contributed by atoms with Gasteiger partial charge in [0.2, 0.25) is 0 Å². The fraction of sp³-hybridized carbons (Fsp3) is 0.250. The molecule has 0 saturated carbocycles. The summed E-state index contributed by atoms with van der Waals surface area (Å²) >= 11 is 0. The fourth-order valence-electron chi connectivity index (χ4n) is 2.64. The molecule has 0 radical (unpaired) electrons. The van der Waals surface area contributed by atoms with Crippen LogP contribution in [-0.2, 0) is 0 Å². The third kappa shape index (κ3) is 2.25. The number of hydrogen-bond acceptors (Lipinski definition) is 4. The van der Waals surface area contributed by atoms with Crippen LogP contribution in [0.4, 0.5) is 0 Å². The molecule has 0 aliphatic carbocycles. The maximum Gasteiger partial charge on any atom is 0.106 e. The summed E-state index contributed by atoms with van der Waals surface area (Å²) in [5.74, 6) is 1.75. The second kappa shape index (κ2) is 5.18. The van der Waals surface area contributed by atoms with E-state index in [-0.39, 0.29) is 6.04 Å². The first kappa shape index (κ1) is 13.6. The van der Waals surface area contributed by atoms with E-state index in [0.717, 1.165) is 34.0 Å². The minimum atomic E-state index is -0.322. The van der Waals surface area contributed by atoms with Crippen molar-refractivity contribution >= 4 is 0 Å². The van der Waals surface area contributed by atoms with E-state index < -0.39 is 0 Å². The Hall–Kier alpha value is -2.40. The van der Waals surface area contributed by atoms with Crippen molar-refractivity contribution in [3.8, 4) is 5.69 Å². The van der Waals surface area contributed by atoms with Crippen LogP contribution in [0.2, 0.25) is 0 Å². The molecule has 5 nitrogen and oxygen atoms in total. The Bertz CT molecular complexity index is 758. The van der Waals surface area contributed by atoms with E-state index in [1.54, 1.807) is 10.9 Å². The molecule has 0 spiro atoms. The van der Waals surface area contributed by atoms with Gasteiger partial charge in [0.25, 0.3) is 0 Å². The first-order chi connectivity index (χ1) is 10.1. The number of nitrogens with two attached hydrogens (primary N) is 1. The number of benzene rings is 1. The van der Waals surface area contributed by atoms with Crippen molar-refractivity contribution in [2.24, 2.45) is 5.73 Å². The van der Waals surface area contributed by atoms with E-state index in [4.69, 9.17) is 10.2 Å². The molecule has 108 valence electrons. The first-order valence-electron chi connectivity index (χ1n) is 6.87. The zero-order valence-electron chi connectivity index (χ0n) is 12.4. The predicted octanol–water partition coefficient (Wildman–Crippen LogP) is 2.83. The molecule has 5 heteroatoms. The van der Waals surface area contributed by atoms with Gasteiger partial charge in [0.1, 0.15) is 11.5 Å². The smallest absolute Gasteiger partial charge is 0.106 e. The molecule has 3 aromatic rings. The standard InChI is InChI=1S/C16H18N4O/c1-10-11(2)21-12(3)15(10)16(17)14-9-18-19-20(14)13-7-5-4-6-8-13/h4-9,16H,17H2,1-3H3. The molecule has 0 fully saturated rings. The molecule has 1 unspecified atom stereocenters. The summed E-state index contributed by atoms with van der Waals surface area (Å²) in [5, 5.41) is 8.17. The summed E-state index contributed by atoms with van der Waals surface area (Å²) in [4.78, 5) is 0. The third-order valence-corrected chi connectivity index (χ3v) is 3.82. The topological polar surface area (TPSA) is 69.9 Å². The molecule has 0 saturated heterocycles. The van der Waals surface area contributed by atoms with Crippen LogP contribution >= 0.6 is 0 Å². The van der Waals surface area contributed by atoms with Crippen LogP contribution in [0.25, 0.3) is 5.69 Å². The van der Waals surface area contributed by atoms with Crippen molar-refractivity contribution in [2.75, 3.05) is 0 Å². The lowest BCUT2D eigenvalue weighted by molar-refractivity contribution is 0.497. The maximum atomic E-state index is 6.45. The highest BCUT2D eigenvalue weighted by atomic mass is 16.3. The molecule has 3 rings (SSSR count). The van der Waals surface area contributed by atoms with Gasteiger partial charge in [-0.05, 0) is 38.5 Å². The van der Waals surface area contributed by atoms with Crippen LogP contribution in [0.5, 0.6) is 0 Å². The molecule has 0 amide bonds. The minimum Gasteiger partial charge on any atom is -0.466 e. The van der Waals surface area contributed by atoms with Crippen molar-refractivity contribution in [2.45, 2.75) is 26.8 Å². The van der Waals surface area contributed by atoms with E-state index in [1.165, 1.54) is 0 Å². The van der Waals surface area contributed by atoms with Crippen LogP contribution in [0.15, 0.2) is 40.9 Å². The summed E-state index contributed by atoms with van der Waals surface area (Å²) in [6, 6.07) is 9.53. The van der Waals surface area contributed by atoms with Crippen molar-refractivity contribution in [1.29, 1.82) is 0 Å². The van der Waals surface area contributed by atoms with E-state index in [2.05, 4.69) is 10.3 Å². The SMILES string of the molecule is Cc1oc(C)c(C(N)c2cnnn2-c2ccccc2)c1C. The van der Waals surface area contributed by atoms with Crippen LogP contribution in [0.1, 0.15) is 34.4 Å². The second-order valence-corrected chi connectivity index (χ2v) is 5.14. The van der Waals surface area contributed by atoms with Crippen LogP contribution in [0, 0.1) is 20.8 Å². The van der Waals surface area contributed by atoms with Gasteiger partial charge < -0.3 is 10.2 Å². The number of aromatic nitrogens is 3. The molecule has 0 aliphatic heterocycles. The van der Waals surface area contributed by atoms with Gasteiger partial charge >= 0.3 is 0 Å². The molecule has 2 aromatic heterocycles. The molecule has 1 atom stereocenters. The molecule has 1 aromatic carbocycles. The highest BCUT2D eigenvalue weighted by molar-refractivity contribution is 5.40. The quantitative estimate of drug-likeness (QED) is 0.802. The van der Waals surface area contributed by atoms with Gasteiger partial charge in [0.15, 0.2) is 0 Å². The molecule has 0 bridgehead atoms. The number of rotatable bonds is 3. The number of furan rings is 1. The Balaban J connectivity index is 2.08. The monoisotopic (exact) mass is 282 g/mol. The van der Waals surface area contributed by atoms with Gasteiger partial charge in [-0.1, -0.05) is 23.4 Å². The highest BCUT2D eigenvalue weighted by Gasteiger charge is 2.23. The lowest BCUT2D eigenvalue weighted by Crippen LogP contribution is -2.18. The minimum absolute atomic E-state index is 0.322. The van der Waals surface area contributed by atoms with E-state index in [1.807, 2.05) is 51.1 Å². The Morgan fingerprint density at radius 1 is 1.10 bits per heavy atom. The Kier molecular flexibility index (Phi) is 3.35. The largest absolute Gasteiger partial charge is 0.466 e. The van der Waals surface area contributed by atoms with Crippen molar-refractivity contribution in [1.82, 2.24) is 15.0 Å². The maximum absolute atomic E-state index is 6.45. The van der Waals surface area contributed by atoms with Crippen molar-refractivity contribution < 1.29 is 4.42 Å². The van der Waals surface area contributed by atoms with Crippen molar-refractivity contribution in [3.63, 3.8) is 0 Å². The van der Waals surface area contributed by atoms with Crippen LogP contribution in [0.3, 0.4) is 0 Å². The molecule has 0 aliphatic rings. The summed E-state index contributed by atoms with van der Waals surface area (Å²) in [5.41, 5.74) is 10.3. The van der Waals surface area contributed by atoms with Gasteiger partial charge in [0, 0.05) is 5.56 Å². The summed E-state index contributed by atoms with van der Waals surface area (Å²) in [6.07, 6.45) is 1.71. The normalized spacial score (nSPS) is 12.6. The molecule has 2 N–H and O–H groups in total. The van der Waals surface area contributed by atoms with Crippen molar-refractivity contribution in [3.05, 3.63) is 64.9 Å². The number of para-hydroxylation sites is 1.